The Labute approximate surface area is 138 Å². The van der Waals surface area contributed by atoms with E-state index in [-0.39, 0.29) is 18.7 Å². The Morgan fingerprint density at radius 2 is 1.92 bits per heavy atom. The number of esters is 1. The molecule has 0 saturated heterocycles. The normalized spacial score (nSPS) is 10.5. The highest BCUT2D eigenvalue weighted by Crippen LogP contribution is 2.22. The number of carbonyl (C=O) groups excluding carboxylic acids is 2. The molecule has 0 bridgehead atoms. The van der Waals surface area contributed by atoms with Crippen LogP contribution in [-0.4, -0.2) is 29.0 Å². The van der Waals surface area contributed by atoms with E-state index in [4.69, 9.17) is 0 Å². The summed E-state index contributed by atoms with van der Waals surface area (Å²) in [6.07, 6.45) is 0.149. The van der Waals surface area contributed by atoms with Crippen LogP contribution in [0.4, 0.5) is 5.69 Å². The van der Waals surface area contributed by atoms with Crippen LogP contribution in [0.25, 0.3) is 22.4 Å². The lowest BCUT2D eigenvalue weighted by Crippen LogP contribution is -2.13. The Morgan fingerprint density at radius 3 is 2.67 bits per heavy atom. The highest BCUT2D eigenvalue weighted by molar-refractivity contribution is 5.94. The maximum Gasteiger partial charge on any atom is 0.306 e. The third kappa shape index (κ3) is 3.60. The predicted octanol–water partition coefficient (Wildman–Crippen LogP) is 3.12. The van der Waals surface area contributed by atoms with Gasteiger partial charge in [0.2, 0.25) is 5.91 Å². The smallest absolute Gasteiger partial charge is 0.306 e. The second-order valence-corrected chi connectivity index (χ2v) is 5.31. The Bertz CT molecular complexity index is 872. The molecular formula is C18H17N3O3. The summed E-state index contributed by atoms with van der Waals surface area (Å²) in [5, 5.41) is 2.77. The number of nitrogens with zero attached hydrogens (tertiary/aromatic N) is 1. The predicted molar refractivity (Wildman–Crippen MR) is 91.4 cm³/mol. The molecule has 0 spiro atoms. The van der Waals surface area contributed by atoms with Crippen molar-refractivity contribution in [3.63, 3.8) is 0 Å². The number of imidazole rings is 1. The van der Waals surface area contributed by atoms with Crippen LogP contribution in [0.15, 0.2) is 48.5 Å². The molecule has 3 rings (SSSR count). The first-order chi connectivity index (χ1) is 11.7. The van der Waals surface area contributed by atoms with E-state index in [1.807, 2.05) is 42.5 Å². The van der Waals surface area contributed by atoms with E-state index in [0.29, 0.717) is 5.69 Å². The zero-order chi connectivity index (χ0) is 16.9. The minimum atomic E-state index is -0.401. The molecule has 3 aromatic rings. The van der Waals surface area contributed by atoms with E-state index in [0.717, 1.165) is 22.4 Å². The molecule has 0 radical (unpaired) electrons. The molecule has 6 heteroatoms. The molecule has 0 aliphatic heterocycles. The van der Waals surface area contributed by atoms with Crippen molar-refractivity contribution in [3.05, 3.63) is 48.5 Å². The number of methoxy groups -OCH3 is 1. The molecule has 0 unspecified atom stereocenters. The van der Waals surface area contributed by atoms with E-state index >= 15 is 0 Å². The summed E-state index contributed by atoms with van der Waals surface area (Å²) in [6, 6.07) is 15.3. The SMILES string of the molecule is COC(=O)CCC(=O)Nc1ccc2nc(-c3ccccc3)[nH]c2c1. The largest absolute Gasteiger partial charge is 0.469 e. The molecule has 2 aromatic carbocycles. The topological polar surface area (TPSA) is 84.1 Å². The molecule has 122 valence electrons. The van der Waals surface area contributed by atoms with Gasteiger partial charge in [0.1, 0.15) is 5.82 Å². The summed E-state index contributed by atoms with van der Waals surface area (Å²) in [4.78, 5) is 30.7. The Hall–Kier alpha value is -3.15. The summed E-state index contributed by atoms with van der Waals surface area (Å²) in [6.45, 7) is 0. The Morgan fingerprint density at radius 1 is 1.12 bits per heavy atom. The second kappa shape index (κ2) is 6.95. The molecule has 1 heterocycles. The third-order valence-electron chi connectivity index (χ3n) is 3.60. The van der Waals surface area contributed by atoms with Crippen LogP contribution < -0.4 is 5.32 Å². The molecule has 0 fully saturated rings. The van der Waals surface area contributed by atoms with Crippen LogP contribution in [0, 0.1) is 0 Å². The number of ether oxygens (including phenoxy) is 1. The fraction of sp³-hybridized carbons (Fsp3) is 0.167. The first-order valence-corrected chi connectivity index (χ1v) is 7.57. The van der Waals surface area contributed by atoms with Crippen molar-refractivity contribution >= 4 is 28.6 Å². The van der Waals surface area contributed by atoms with Crippen LogP contribution in [-0.2, 0) is 14.3 Å². The average Bonchev–Trinajstić information content (AvgIpc) is 3.03. The number of benzene rings is 2. The third-order valence-corrected chi connectivity index (χ3v) is 3.60. The van der Waals surface area contributed by atoms with Gasteiger partial charge in [0, 0.05) is 17.7 Å². The molecule has 0 aliphatic rings. The van der Waals surface area contributed by atoms with Gasteiger partial charge >= 0.3 is 5.97 Å². The lowest BCUT2D eigenvalue weighted by molar-refractivity contribution is -0.141. The average molecular weight is 323 g/mol. The van der Waals surface area contributed by atoms with Crippen molar-refractivity contribution in [2.75, 3.05) is 12.4 Å². The van der Waals surface area contributed by atoms with Crippen LogP contribution in [0.1, 0.15) is 12.8 Å². The molecular weight excluding hydrogens is 306 g/mol. The summed E-state index contributed by atoms with van der Waals surface area (Å²) < 4.78 is 4.52. The number of fused-ring (bicyclic) bond motifs is 1. The zero-order valence-electron chi connectivity index (χ0n) is 13.2. The summed E-state index contributed by atoms with van der Waals surface area (Å²) in [7, 11) is 1.30. The number of aromatic amines is 1. The zero-order valence-corrected chi connectivity index (χ0v) is 13.2. The first kappa shape index (κ1) is 15.7. The fourth-order valence-corrected chi connectivity index (χ4v) is 2.36. The molecule has 2 N–H and O–H groups in total. The molecule has 24 heavy (non-hydrogen) atoms. The van der Waals surface area contributed by atoms with Gasteiger partial charge in [0.05, 0.1) is 24.6 Å². The fourth-order valence-electron chi connectivity index (χ4n) is 2.36. The minimum absolute atomic E-state index is 0.0623. The maximum atomic E-state index is 11.9. The van der Waals surface area contributed by atoms with Crippen molar-refractivity contribution in [3.8, 4) is 11.4 Å². The molecule has 1 aromatic heterocycles. The van der Waals surface area contributed by atoms with Crippen molar-refractivity contribution in [2.24, 2.45) is 0 Å². The lowest BCUT2D eigenvalue weighted by atomic mass is 10.2. The van der Waals surface area contributed by atoms with Gasteiger partial charge in [-0.05, 0) is 18.2 Å². The minimum Gasteiger partial charge on any atom is -0.469 e. The van der Waals surface area contributed by atoms with Crippen molar-refractivity contribution in [1.82, 2.24) is 9.97 Å². The highest BCUT2D eigenvalue weighted by atomic mass is 16.5. The van der Waals surface area contributed by atoms with Crippen LogP contribution >= 0.6 is 0 Å². The first-order valence-electron chi connectivity index (χ1n) is 7.57. The molecule has 1 amide bonds. The van der Waals surface area contributed by atoms with Crippen LogP contribution in [0.2, 0.25) is 0 Å². The van der Waals surface area contributed by atoms with Crippen LogP contribution in [0.5, 0.6) is 0 Å². The summed E-state index contributed by atoms with van der Waals surface area (Å²) >= 11 is 0. The van der Waals surface area contributed by atoms with Gasteiger partial charge in [-0.15, -0.1) is 0 Å². The molecule has 0 aliphatic carbocycles. The lowest BCUT2D eigenvalue weighted by Gasteiger charge is -2.04. The van der Waals surface area contributed by atoms with Gasteiger partial charge in [0.15, 0.2) is 0 Å². The summed E-state index contributed by atoms with van der Waals surface area (Å²) in [5.41, 5.74) is 3.30. The van der Waals surface area contributed by atoms with E-state index < -0.39 is 5.97 Å². The quantitative estimate of drug-likeness (QED) is 0.707. The highest BCUT2D eigenvalue weighted by Gasteiger charge is 2.09. The standard InChI is InChI=1S/C18H17N3O3/c1-24-17(23)10-9-16(22)19-13-7-8-14-15(11-13)21-18(20-14)12-5-3-2-4-6-12/h2-8,11H,9-10H2,1H3,(H,19,22)(H,20,21). The number of carbonyl (C=O) groups is 2. The number of hydrogen-bond donors (Lipinski definition) is 2. The molecule has 0 atom stereocenters. The Kier molecular flexibility index (Phi) is 4.56. The maximum absolute atomic E-state index is 11.9. The number of hydrogen-bond acceptors (Lipinski definition) is 4. The van der Waals surface area contributed by atoms with Gasteiger partial charge in [-0.2, -0.15) is 0 Å². The number of nitrogens with one attached hydrogen (secondary N) is 2. The number of anilines is 1. The molecule has 0 saturated carbocycles. The van der Waals surface area contributed by atoms with Gasteiger partial charge in [0.25, 0.3) is 0 Å². The monoisotopic (exact) mass is 323 g/mol. The number of rotatable bonds is 5. The van der Waals surface area contributed by atoms with Gasteiger partial charge in [-0.3, -0.25) is 9.59 Å². The number of H-pyrrole nitrogens is 1. The van der Waals surface area contributed by atoms with Crippen molar-refractivity contribution in [2.45, 2.75) is 12.8 Å². The Balaban J connectivity index is 1.74. The van der Waals surface area contributed by atoms with E-state index in [9.17, 15) is 9.59 Å². The van der Waals surface area contributed by atoms with E-state index in [1.165, 1.54) is 7.11 Å². The molecule has 6 nitrogen and oxygen atoms in total. The van der Waals surface area contributed by atoms with Crippen molar-refractivity contribution < 1.29 is 14.3 Å². The van der Waals surface area contributed by atoms with Gasteiger partial charge in [-0.25, -0.2) is 4.98 Å². The van der Waals surface area contributed by atoms with Crippen molar-refractivity contribution in [1.29, 1.82) is 0 Å². The number of aromatic nitrogens is 2. The summed E-state index contributed by atoms with van der Waals surface area (Å²) in [5.74, 6) is 0.143. The van der Waals surface area contributed by atoms with Gasteiger partial charge < -0.3 is 15.0 Å². The second-order valence-electron chi connectivity index (χ2n) is 5.31. The number of amides is 1. The van der Waals surface area contributed by atoms with Crippen LogP contribution in [0.3, 0.4) is 0 Å². The van der Waals surface area contributed by atoms with Gasteiger partial charge in [-0.1, -0.05) is 30.3 Å². The van der Waals surface area contributed by atoms with E-state index in [1.54, 1.807) is 6.07 Å². The van der Waals surface area contributed by atoms with E-state index in [2.05, 4.69) is 20.0 Å².